The van der Waals surface area contributed by atoms with Crippen LogP contribution in [0, 0.1) is 0 Å². The number of esters is 1. The Hall–Kier alpha value is -1.51. The van der Waals surface area contributed by atoms with E-state index in [0.717, 1.165) is 4.90 Å². The molecule has 6 nitrogen and oxygen atoms in total. The number of methoxy groups -OCH3 is 1. The third-order valence-corrected chi connectivity index (χ3v) is 4.80. The van der Waals surface area contributed by atoms with Gasteiger partial charge in [-0.25, -0.2) is 4.79 Å². The highest BCUT2D eigenvalue weighted by Crippen LogP contribution is 2.38. The summed E-state index contributed by atoms with van der Waals surface area (Å²) in [7, 11) is 1.18. The van der Waals surface area contributed by atoms with Crippen molar-refractivity contribution in [1.82, 2.24) is 4.90 Å². The van der Waals surface area contributed by atoms with Crippen LogP contribution in [0.25, 0.3) is 6.08 Å². The summed E-state index contributed by atoms with van der Waals surface area (Å²) in [6.07, 6.45) is 1.35. The number of thioether (sulfide) groups is 1. The number of hydrogen-bond acceptors (Lipinski definition) is 6. The lowest BCUT2D eigenvalue weighted by Gasteiger charge is -2.18. The number of halogens is 2. The third-order valence-electron chi connectivity index (χ3n) is 3.10. The first kappa shape index (κ1) is 17.8. The van der Waals surface area contributed by atoms with E-state index in [9.17, 15) is 19.5 Å². The van der Waals surface area contributed by atoms with Crippen molar-refractivity contribution in [2.24, 2.45) is 0 Å². The smallest absolute Gasteiger partial charge is 0.328 e. The zero-order valence-corrected chi connectivity index (χ0v) is 15.2. The highest BCUT2D eigenvalue weighted by Gasteiger charge is 2.41. The minimum Gasteiger partial charge on any atom is -0.506 e. The molecule has 1 saturated heterocycles. The normalized spacial score (nSPS) is 17.7. The number of phenols is 1. The zero-order chi connectivity index (χ0) is 17.3. The van der Waals surface area contributed by atoms with Crippen molar-refractivity contribution in [2.75, 3.05) is 7.11 Å². The van der Waals surface area contributed by atoms with E-state index < -0.39 is 23.2 Å². The van der Waals surface area contributed by atoms with E-state index in [-0.39, 0.29) is 16.2 Å². The minimum absolute atomic E-state index is 0.0789. The average molecular weight is 421 g/mol. The molecule has 1 aromatic rings. The second-order valence-electron chi connectivity index (χ2n) is 4.58. The van der Waals surface area contributed by atoms with Crippen LogP contribution in [0.4, 0.5) is 4.79 Å². The van der Waals surface area contributed by atoms with Crippen LogP contribution in [0.2, 0.25) is 5.02 Å². The van der Waals surface area contributed by atoms with Gasteiger partial charge in [0.2, 0.25) is 0 Å². The summed E-state index contributed by atoms with van der Waals surface area (Å²) in [6, 6.07) is 1.93. The fourth-order valence-corrected chi connectivity index (χ4v) is 3.66. The molecular formula is C14H11BrClNO5S. The number of carbonyl (C=O) groups excluding carboxylic acids is 3. The largest absolute Gasteiger partial charge is 0.506 e. The van der Waals surface area contributed by atoms with Crippen LogP contribution < -0.4 is 0 Å². The predicted molar refractivity (Wildman–Crippen MR) is 90.1 cm³/mol. The maximum Gasteiger partial charge on any atom is 0.328 e. The lowest BCUT2D eigenvalue weighted by Crippen LogP contribution is -2.42. The summed E-state index contributed by atoms with van der Waals surface area (Å²) < 4.78 is 4.91. The number of amides is 2. The number of nitrogens with zero attached hydrogens (tertiary/aromatic N) is 1. The van der Waals surface area contributed by atoms with Gasteiger partial charge >= 0.3 is 5.97 Å². The number of ether oxygens (including phenoxy) is 1. The Labute approximate surface area is 149 Å². The van der Waals surface area contributed by atoms with Crippen LogP contribution in [0.3, 0.4) is 0 Å². The molecule has 0 radical (unpaired) electrons. The maximum absolute atomic E-state index is 12.3. The Morgan fingerprint density at radius 2 is 2.13 bits per heavy atom. The number of phenolic OH excluding ortho intramolecular Hbond substituents is 1. The van der Waals surface area contributed by atoms with Crippen molar-refractivity contribution in [3.8, 4) is 5.75 Å². The van der Waals surface area contributed by atoms with Gasteiger partial charge in [-0.05, 0) is 52.8 Å². The van der Waals surface area contributed by atoms with Gasteiger partial charge in [-0.15, -0.1) is 0 Å². The molecule has 1 aliphatic rings. The quantitative estimate of drug-likeness (QED) is 0.596. The van der Waals surface area contributed by atoms with Crippen molar-refractivity contribution in [1.29, 1.82) is 0 Å². The van der Waals surface area contributed by atoms with Gasteiger partial charge in [0.25, 0.3) is 11.1 Å². The summed E-state index contributed by atoms with van der Waals surface area (Å²) in [4.78, 5) is 36.8. The van der Waals surface area contributed by atoms with Crippen LogP contribution in [-0.4, -0.2) is 40.3 Å². The van der Waals surface area contributed by atoms with Gasteiger partial charge in [0.15, 0.2) is 0 Å². The Balaban J connectivity index is 2.38. The highest BCUT2D eigenvalue weighted by atomic mass is 79.9. The summed E-state index contributed by atoms with van der Waals surface area (Å²) in [5.41, 5.74) is 0.278. The van der Waals surface area contributed by atoms with E-state index in [2.05, 4.69) is 20.7 Å². The fraction of sp³-hybridized carbons (Fsp3) is 0.214. The van der Waals surface area contributed by atoms with E-state index in [1.807, 2.05) is 0 Å². The van der Waals surface area contributed by atoms with E-state index in [1.54, 1.807) is 0 Å². The number of hydrogen-bond donors (Lipinski definition) is 1. The van der Waals surface area contributed by atoms with Gasteiger partial charge in [-0.1, -0.05) is 11.6 Å². The second-order valence-corrected chi connectivity index (χ2v) is 6.86. The molecule has 2 rings (SSSR count). The van der Waals surface area contributed by atoms with Crippen LogP contribution in [-0.2, 0) is 14.3 Å². The highest BCUT2D eigenvalue weighted by molar-refractivity contribution is 9.10. The average Bonchev–Trinajstić information content (AvgIpc) is 2.77. The molecule has 0 spiro atoms. The minimum atomic E-state index is -1.03. The van der Waals surface area contributed by atoms with Crippen LogP contribution in [0.15, 0.2) is 21.5 Å². The molecule has 1 N–H and O–H groups in total. The fourth-order valence-electron chi connectivity index (χ4n) is 1.93. The zero-order valence-electron chi connectivity index (χ0n) is 12.0. The van der Waals surface area contributed by atoms with Crippen LogP contribution in [0.1, 0.15) is 12.5 Å². The van der Waals surface area contributed by atoms with Crippen molar-refractivity contribution in [2.45, 2.75) is 13.0 Å². The molecular weight excluding hydrogens is 410 g/mol. The summed E-state index contributed by atoms with van der Waals surface area (Å²) in [6.45, 7) is 1.40. The number of rotatable bonds is 3. The molecule has 0 bridgehead atoms. The Morgan fingerprint density at radius 3 is 2.74 bits per heavy atom. The number of imide groups is 1. The van der Waals surface area contributed by atoms with Crippen molar-refractivity contribution < 1.29 is 24.2 Å². The first-order valence-electron chi connectivity index (χ1n) is 6.29. The summed E-state index contributed by atoms with van der Waals surface area (Å²) in [5.74, 6) is -1.43. The van der Waals surface area contributed by atoms with E-state index >= 15 is 0 Å². The molecule has 0 unspecified atom stereocenters. The molecule has 122 valence electrons. The standard InChI is InChI=1S/C14H11BrClNO5S/c1-6(13(20)22-2)17-12(19)10(23-14(17)21)4-7-3-8(16)5-9(15)11(7)18/h3-6,18H,1-2H3/b10-4+/t6-/m0/s1. The van der Waals surface area contributed by atoms with Gasteiger partial charge in [-0.3, -0.25) is 14.5 Å². The lowest BCUT2D eigenvalue weighted by molar-refractivity contribution is -0.148. The molecule has 1 heterocycles. The van der Waals surface area contributed by atoms with Gasteiger partial charge in [0, 0.05) is 10.6 Å². The second kappa shape index (κ2) is 6.94. The van der Waals surface area contributed by atoms with Gasteiger partial charge in [0.1, 0.15) is 11.8 Å². The Bertz CT molecular complexity index is 736. The molecule has 1 fully saturated rings. The predicted octanol–water partition coefficient (Wildman–Crippen LogP) is 3.41. The van der Waals surface area contributed by atoms with Crippen LogP contribution in [0.5, 0.6) is 5.75 Å². The van der Waals surface area contributed by atoms with E-state index in [1.165, 1.54) is 32.2 Å². The molecule has 1 aromatic carbocycles. The molecule has 1 aliphatic heterocycles. The van der Waals surface area contributed by atoms with Crippen molar-refractivity contribution >= 4 is 62.5 Å². The van der Waals surface area contributed by atoms with E-state index in [4.69, 9.17) is 11.6 Å². The number of aromatic hydroxyl groups is 1. The molecule has 9 heteroatoms. The monoisotopic (exact) mass is 419 g/mol. The molecule has 0 aromatic heterocycles. The molecule has 23 heavy (non-hydrogen) atoms. The summed E-state index contributed by atoms with van der Waals surface area (Å²) in [5, 5.41) is 9.76. The van der Waals surface area contributed by atoms with Gasteiger partial charge in [-0.2, -0.15) is 0 Å². The van der Waals surface area contributed by atoms with E-state index in [0.29, 0.717) is 21.3 Å². The van der Waals surface area contributed by atoms with Crippen molar-refractivity contribution in [3.63, 3.8) is 0 Å². The van der Waals surface area contributed by atoms with Crippen molar-refractivity contribution in [3.05, 3.63) is 32.1 Å². The topological polar surface area (TPSA) is 83.9 Å². The first-order chi connectivity index (χ1) is 10.8. The molecule has 0 saturated carbocycles. The Kier molecular flexibility index (Phi) is 5.38. The SMILES string of the molecule is COC(=O)[C@H](C)N1C(=O)S/C(=C/c2cc(Cl)cc(Br)c2O)C1=O. The molecule has 2 amide bonds. The Morgan fingerprint density at radius 1 is 1.48 bits per heavy atom. The lowest BCUT2D eigenvalue weighted by atomic mass is 10.2. The van der Waals surface area contributed by atoms with Gasteiger partial charge in [0.05, 0.1) is 16.5 Å². The summed E-state index contributed by atoms with van der Waals surface area (Å²) >= 11 is 9.73. The molecule has 1 atom stereocenters. The first-order valence-corrected chi connectivity index (χ1v) is 8.28. The number of carbonyl (C=O) groups is 3. The van der Waals surface area contributed by atoms with Gasteiger partial charge < -0.3 is 9.84 Å². The molecule has 0 aliphatic carbocycles. The maximum atomic E-state index is 12.3. The number of benzene rings is 1. The third kappa shape index (κ3) is 3.54. The van der Waals surface area contributed by atoms with Crippen LogP contribution >= 0.6 is 39.3 Å².